The molecule has 2 saturated heterocycles. The Morgan fingerprint density at radius 3 is 2.50 bits per heavy atom. The Kier molecular flexibility index (Phi) is 4.38. The van der Waals surface area contributed by atoms with Crippen molar-refractivity contribution in [3.8, 4) is 0 Å². The van der Waals surface area contributed by atoms with E-state index in [1.807, 2.05) is 0 Å². The number of sulfonamides is 1. The van der Waals surface area contributed by atoms with Crippen molar-refractivity contribution in [3.05, 3.63) is 0 Å². The maximum absolute atomic E-state index is 11.9. The summed E-state index contributed by atoms with van der Waals surface area (Å²) in [5.74, 6) is -1.53. The third-order valence-electron chi connectivity index (χ3n) is 3.52. The van der Waals surface area contributed by atoms with Crippen LogP contribution >= 0.6 is 0 Å². The Morgan fingerprint density at radius 1 is 1.30 bits per heavy atom. The number of hydrogen-bond donors (Lipinski definition) is 2. The Balaban J connectivity index is 1.86. The molecule has 0 amide bonds. The maximum atomic E-state index is 11.9. The van der Waals surface area contributed by atoms with Crippen LogP contribution in [0.3, 0.4) is 0 Å². The van der Waals surface area contributed by atoms with Gasteiger partial charge in [-0.05, 0) is 19.3 Å². The van der Waals surface area contributed by atoms with E-state index in [0.717, 1.165) is 0 Å². The number of nitrogens with one attached hydrogen (secondary N) is 1. The Bertz CT molecular complexity index is 583. The van der Waals surface area contributed by atoms with Crippen molar-refractivity contribution in [2.24, 2.45) is 0 Å². The number of carboxylic acid groups (broad SMARTS) is 1. The third-order valence-corrected chi connectivity index (χ3v) is 7.35. The molecule has 10 heteroatoms. The van der Waals surface area contributed by atoms with Crippen LogP contribution in [0.1, 0.15) is 19.3 Å². The predicted octanol–water partition coefficient (Wildman–Crippen LogP) is -1.27. The molecule has 3 unspecified atom stereocenters. The van der Waals surface area contributed by atoms with Gasteiger partial charge in [-0.3, -0.25) is 0 Å². The van der Waals surface area contributed by atoms with Gasteiger partial charge < -0.3 is 9.84 Å². The van der Waals surface area contributed by atoms with Gasteiger partial charge >= 0.3 is 5.97 Å². The van der Waals surface area contributed by atoms with Crippen molar-refractivity contribution in [1.82, 2.24) is 4.72 Å². The standard InChI is InChI=1S/C10H17NO7S2/c12-10(13)9-2-1-7(18-9)5-11-20(16,17)8-3-4-19(14,15)6-8/h7-9,11H,1-6H2,(H,12,13). The van der Waals surface area contributed by atoms with E-state index in [-0.39, 0.29) is 24.5 Å². The molecule has 116 valence electrons. The highest BCUT2D eigenvalue weighted by molar-refractivity contribution is 7.95. The van der Waals surface area contributed by atoms with E-state index < -0.39 is 43.3 Å². The van der Waals surface area contributed by atoms with E-state index in [9.17, 15) is 21.6 Å². The van der Waals surface area contributed by atoms with E-state index in [1.54, 1.807) is 0 Å². The monoisotopic (exact) mass is 327 g/mol. The molecule has 2 heterocycles. The number of carboxylic acids is 1. The molecule has 2 fully saturated rings. The summed E-state index contributed by atoms with van der Waals surface area (Å²) < 4.78 is 54.0. The number of aliphatic carboxylic acids is 1. The van der Waals surface area contributed by atoms with Gasteiger partial charge in [0.1, 0.15) is 0 Å². The molecular formula is C10H17NO7S2. The molecule has 0 aromatic heterocycles. The average molecular weight is 327 g/mol. The van der Waals surface area contributed by atoms with E-state index >= 15 is 0 Å². The molecule has 20 heavy (non-hydrogen) atoms. The summed E-state index contributed by atoms with van der Waals surface area (Å²) in [4.78, 5) is 10.7. The summed E-state index contributed by atoms with van der Waals surface area (Å²) in [5.41, 5.74) is 0. The normalized spacial score (nSPS) is 33.3. The lowest BCUT2D eigenvalue weighted by Crippen LogP contribution is -2.39. The Morgan fingerprint density at radius 2 is 2.00 bits per heavy atom. The van der Waals surface area contributed by atoms with Crippen LogP contribution in [0.5, 0.6) is 0 Å². The first-order valence-corrected chi connectivity index (χ1v) is 9.63. The summed E-state index contributed by atoms with van der Waals surface area (Å²) >= 11 is 0. The fourth-order valence-corrected chi connectivity index (χ4v) is 6.48. The molecule has 0 aliphatic carbocycles. The Hall–Kier alpha value is -0.710. The summed E-state index contributed by atoms with van der Waals surface area (Å²) in [6, 6.07) is 0. The highest BCUT2D eigenvalue weighted by Gasteiger charge is 2.38. The van der Waals surface area contributed by atoms with Gasteiger partial charge in [0.05, 0.1) is 22.9 Å². The van der Waals surface area contributed by atoms with E-state index in [1.165, 1.54) is 0 Å². The first-order chi connectivity index (χ1) is 9.20. The van der Waals surface area contributed by atoms with Crippen molar-refractivity contribution < 1.29 is 31.5 Å². The van der Waals surface area contributed by atoms with Crippen LogP contribution in [-0.4, -0.2) is 63.4 Å². The quantitative estimate of drug-likeness (QED) is 0.644. The zero-order chi connectivity index (χ0) is 15.0. The highest BCUT2D eigenvalue weighted by atomic mass is 32.2. The maximum Gasteiger partial charge on any atom is 0.332 e. The molecule has 0 radical (unpaired) electrons. The van der Waals surface area contributed by atoms with E-state index in [0.29, 0.717) is 12.8 Å². The second kappa shape index (κ2) is 5.58. The van der Waals surface area contributed by atoms with E-state index in [2.05, 4.69) is 4.72 Å². The number of ether oxygens (including phenoxy) is 1. The van der Waals surface area contributed by atoms with Gasteiger partial charge in [0.15, 0.2) is 15.9 Å². The lowest BCUT2D eigenvalue weighted by atomic mass is 10.2. The lowest BCUT2D eigenvalue weighted by molar-refractivity contribution is -0.149. The minimum Gasteiger partial charge on any atom is -0.479 e. The van der Waals surface area contributed by atoms with Gasteiger partial charge in [0.25, 0.3) is 0 Å². The summed E-state index contributed by atoms with van der Waals surface area (Å²) in [5, 5.41) is 7.83. The molecule has 0 aromatic rings. The van der Waals surface area contributed by atoms with Gasteiger partial charge in [-0.1, -0.05) is 0 Å². The number of rotatable bonds is 5. The number of sulfone groups is 1. The van der Waals surface area contributed by atoms with Crippen molar-refractivity contribution >= 4 is 25.8 Å². The molecule has 2 aliphatic heterocycles. The molecule has 2 aliphatic rings. The van der Waals surface area contributed by atoms with Gasteiger partial charge in [0, 0.05) is 6.54 Å². The van der Waals surface area contributed by atoms with Crippen LogP contribution < -0.4 is 4.72 Å². The minimum atomic E-state index is -3.71. The lowest BCUT2D eigenvalue weighted by Gasteiger charge is -2.15. The Labute approximate surface area is 117 Å². The summed E-state index contributed by atoms with van der Waals surface area (Å²) in [7, 11) is -6.98. The van der Waals surface area contributed by atoms with Crippen LogP contribution in [0.25, 0.3) is 0 Å². The van der Waals surface area contributed by atoms with Gasteiger partial charge in [-0.15, -0.1) is 0 Å². The minimum absolute atomic E-state index is 0.0251. The van der Waals surface area contributed by atoms with Crippen molar-refractivity contribution in [1.29, 1.82) is 0 Å². The van der Waals surface area contributed by atoms with Crippen LogP contribution in [0.4, 0.5) is 0 Å². The summed E-state index contributed by atoms with van der Waals surface area (Å²) in [6.07, 6.45) is -0.469. The smallest absolute Gasteiger partial charge is 0.332 e. The second-order valence-electron chi connectivity index (χ2n) is 5.08. The molecule has 0 aromatic carbocycles. The molecule has 2 rings (SSSR count). The van der Waals surface area contributed by atoms with Crippen LogP contribution in [0, 0.1) is 0 Å². The zero-order valence-corrected chi connectivity index (χ0v) is 12.3. The highest BCUT2D eigenvalue weighted by Crippen LogP contribution is 2.21. The van der Waals surface area contributed by atoms with Crippen LogP contribution in [0.2, 0.25) is 0 Å². The second-order valence-corrected chi connectivity index (χ2v) is 9.35. The fourth-order valence-electron chi connectivity index (χ4n) is 2.37. The molecular weight excluding hydrogens is 310 g/mol. The summed E-state index contributed by atoms with van der Waals surface area (Å²) in [6.45, 7) is -0.0251. The predicted molar refractivity (Wildman–Crippen MR) is 69.5 cm³/mol. The molecule has 2 N–H and O–H groups in total. The molecule has 3 atom stereocenters. The number of hydrogen-bond acceptors (Lipinski definition) is 6. The fraction of sp³-hybridized carbons (Fsp3) is 0.900. The molecule has 0 saturated carbocycles. The zero-order valence-electron chi connectivity index (χ0n) is 10.7. The van der Waals surface area contributed by atoms with E-state index in [4.69, 9.17) is 9.84 Å². The van der Waals surface area contributed by atoms with Crippen molar-refractivity contribution in [3.63, 3.8) is 0 Å². The molecule has 0 bridgehead atoms. The molecule has 8 nitrogen and oxygen atoms in total. The third kappa shape index (κ3) is 3.68. The van der Waals surface area contributed by atoms with Crippen molar-refractivity contribution in [2.45, 2.75) is 36.7 Å². The largest absolute Gasteiger partial charge is 0.479 e. The first-order valence-electron chi connectivity index (χ1n) is 6.27. The van der Waals surface area contributed by atoms with Gasteiger partial charge in [-0.2, -0.15) is 0 Å². The van der Waals surface area contributed by atoms with Crippen molar-refractivity contribution in [2.75, 3.05) is 18.1 Å². The topological polar surface area (TPSA) is 127 Å². The average Bonchev–Trinajstić information content (AvgIpc) is 2.93. The van der Waals surface area contributed by atoms with Crippen LogP contribution in [-0.2, 0) is 29.4 Å². The van der Waals surface area contributed by atoms with Gasteiger partial charge in [-0.25, -0.2) is 26.4 Å². The first kappa shape index (κ1) is 15.7. The van der Waals surface area contributed by atoms with Gasteiger partial charge in [0.2, 0.25) is 10.0 Å². The SMILES string of the molecule is O=C(O)C1CCC(CNS(=O)(=O)C2CCS(=O)(=O)C2)O1. The van der Waals surface area contributed by atoms with Crippen LogP contribution in [0.15, 0.2) is 0 Å². The molecule has 0 spiro atoms. The number of carbonyl (C=O) groups is 1.